The average molecular weight is 399 g/mol. The first-order chi connectivity index (χ1) is 15.3. The fraction of sp³-hybridized carbons (Fsp3) is 0. The molecule has 4 aromatic carbocycles. The lowest BCUT2D eigenvalue weighted by molar-refractivity contribution is 0.669. The minimum absolute atomic E-state index is 0.889. The monoisotopic (exact) mass is 399 g/mol. The Morgan fingerprint density at radius 2 is 1.58 bits per heavy atom. The van der Waals surface area contributed by atoms with Crippen molar-refractivity contribution in [2.45, 2.75) is 0 Å². The van der Waals surface area contributed by atoms with E-state index in [1.54, 1.807) is 6.20 Å². The summed E-state index contributed by atoms with van der Waals surface area (Å²) in [5, 5.41) is 4.71. The molecule has 0 bridgehead atoms. The first-order valence-corrected chi connectivity index (χ1v) is 10.3. The Bertz CT molecular complexity index is 1740. The Morgan fingerprint density at radius 1 is 0.742 bits per heavy atom. The van der Waals surface area contributed by atoms with Gasteiger partial charge in [0.15, 0.2) is 0 Å². The number of fused-ring (bicyclic) bond motifs is 6. The lowest BCUT2D eigenvalue weighted by Gasteiger charge is -2.05. The third-order valence-electron chi connectivity index (χ3n) is 6.11. The van der Waals surface area contributed by atoms with Gasteiger partial charge < -0.3 is 14.0 Å². The van der Waals surface area contributed by atoms with Crippen LogP contribution in [0, 0.1) is 0 Å². The first kappa shape index (κ1) is 16.5. The summed E-state index contributed by atoms with van der Waals surface area (Å²) in [6, 6.07) is 27.6. The van der Waals surface area contributed by atoms with Gasteiger partial charge in [0.2, 0.25) is 0 Å². The van der Waals surface area contributed by atoms with Crippen LogP contribution in [0.25, 0.3) is 60.6 Å². The van der Waals surface area contributed by atoms with E-state index in [4.69, 9.17) is 4.42 Å². The summed E-state index contributed by atoms with van der Waals surface area (Å²) in [6.07, 6.45) is 5.55. The summed E-state index contributed by atoms with van der Waals surface area (Å²) in [6.45, 7) is 0. The van der Waals surface area contributed by atoms with Crippen molar-refractivity contribution in [3.05, 3.63) is 97.6 Å². The molecule has 0 unspecified atom stereocenters. The minimum Gasteiger partial charge on any atom is -0.456 e. The van der Waals surface area contributed by atoms with Crippen LogP contribution >= 0.6 is 0 Å². The van der Waals surface area contributed by atoms with Gasteiger partial charge in [-0.15, -0.1) is 0 Å². The fourth-order valence-corrected chi connectivity index (χ4v) is 4.62. The molecule has 4 heteroatoms. The number of imidazole rings is 1. The molecule has 0 atom stereocenters. The second-order valence-corrected chi connectivity index (χ2v) is 7.86. The largest absolute Gasteiger partial charge is 0.456 e. The second kappa shape index (κ2) is 6.09. The maximum atomic E-state index is 6.12. The molecule has 3 aromatic heterocycles. The normalized spacial score (nSPS) is 11.9. The van der Waals surface area contributed by atoms with Crippen LogP contribution < -0.4 is 0 Å². The molecule has 4 nitrogen and oxygen atoms in total. The number of rotatable bonds is 2. The zero-order valence-corrected chi connectivity index (χ0v) is 16.5. The third kappa shape index (κ3) is 2.39. The topological polar surface area (TPSA) is 46.8 Å². The molecule has 0 aliphatic carbocycles. The van der Waals surface area contributed by atoms with E-state index in [0.717, 1.165) is 38.7 Å². The molecule has 0 aliphatic rings. The van der Waals surface area contributed by atoms with Crippen LogP contribution in [0.5, 0.6) is 0 Å². The van der Waals surface area contributed by atoms with E-state index in [1.807, 2.05) is 23.2 Å². The minimum atomic E-state index is 0.889. The van der Waals surface area contributed by atoms with Crippen molar-refractivity contribution in [3.63, 3.8) is 0 Å². The summed E-state index contributed by atoms with van der Waals surface area (Å²) in [7, 11) is 0. The van der Waals surface area contributed by atoms with Gasteiger partial charge in [-0.25, -0.2) is 4.98 Å². The van der Waals surface area contributed by atoms with Gasteiger partial charge in [0.05, 0.1) is 11.8 Å². The number of H-pyrrole nitrogens is 1. The van der Waals surface area contributed by atoms with Crippen molar-refractivity contribution >= 4 is 43.7 Å². The molecule has 31 heavy (non-hydrogen) atoms. The zero-order chi connectivity index (χ0) is 20.4. The molecule has 7 rings (SSSR count). The number of hydrogen-bond acceptors (Lipinski definition) is 2. The van der Waals surface area contributed by atoms with Crippen LogP contribution in [0.15, 0.2) is 102 Å². The van der Waals surface area contributed by atoms with E-state index >= 15 is 0 Å². The van der Waals surface area contributed by atoms with Gasteiger partial charge in [-0.2, -0.15) is 0 Å². The molecule has 0 fully saturated rings. The predicted octanol–water partition coefficient (Wildman–Crippen LogP) is 7.07. The summed E-state index contributed by atoms with van der Waals surface area (Å²) in [4.78, 5) is 7.78. The lowest BCUT2D eigenvalue weighted by atomic mass is 10.00. The van der Waals surface area contributed by atoms with E-state index in [1.165, 1.54) is 21.9 Å². The second-order valence-electron chi connectivity index (χ2n) is 7.86. The highest BCUT2D eigenvalue weighted by molar-refractivity contribution is 6.13. The third-order valence-corrected chi connectivity index (χ3v) is 6.11. The van der Waals surface area contributed by atoms with Gasteiger partial charge in [0.1, 0.15) is 11.2 Å². The summed E-state index contributed by atoms with van der Waals surface area (Å²) in [5.41, 5.74) is 7.52. The highest BCUT2D eigenvalue weighted by Crippen LogP contribution is 2.37. The Morgan fingerprint density at radius 3 is 2.48 bits per heavy atom. The Kier molecular flexibility index (Phi) is 3.24. The van der Waals surface area contributed by atoms with Crippen molar-refractivity contribution in [2.75, 3.05) is 0 Å². The summed E-state index contributed by atoms with van der Waals surface area (Å²) >= 11 is 0. The Balaban J connectivity index is 1.48. The van der Waals surface area contributed by atoms with E-state index in [0.29, 0.717) is 0 Å². The molecule has 0 saturated heterocycles. The highest BCUT2D eigenvalue weighted by Gasteiger charge is 2.13. The standard InChI is InChI=1S/C27H17N3O/c1-2-7-24-20(4-1)21-6-3-5-19(27(21)29-24)17-8-10-25-22(14-17)23-15-18(9-11-26(23)31-25)30-13-12-28-16-30/h1-16,29H. The van der Waals surface area contributed by atoms with Crippen molar-refractivity contribution in [3.8, 4) is 16.8 Å². The van der Waals surface area contributed by atoms with E-state index in [9.17, 15) is 0 Å². The molecule has 0 radical (unpaired) electrons. The first-order valence-electron chi connectivity index (χ1n) is 10.3. The molecular weight excluding hydrogens is 382 g/mol. The number of aromatic nitrogens is 3. The number of hydrogen-bond donors (Lipinski definition) is 1. The maximum Gasteiger partial charge on any atom is 0.135 e. The van der Waals surface area contributed by atoms with Crippen molar-refractivity contribution in [1.82, 2.24) is 14.5 Å². The summed E-state index contributed by atoms with van der Waals surface area (Å²) in [5.74, 6) is 0. The van der Waals surface area contributed by atoms with E-state index < -0.39 is 0 Å². The molecule has 0 aliphatic heterocycles. The Labute approximate surface area is 177 Å². The van der Waals surface area contributed by atoms with Crippen LogP contribution in [-0.4, -0.2) is 14.5 Å². The number of nitrogens with zero attached hydrogens (tertiary/aromatic N) is 2. The smallest absolute Gasteiger partial charge is 0.135 e. The van der Waals surface area contributed by atoms with Crippen LogP contribution in [0.1, 0.15) is 0 Å². The molecule has 0 saturated carbocycles. The molecule has 146 valence electrons. The van der Waals surface area contributed by atoms with Gasteiger partial charge in [-0.3, -0.25) is 0 Å². The lowest BCUT2D eigenvalue weighted by Crippen LogP contribution is -1.88. The quantitative estimate of drug-likeness (QED) is 0.338. The van der Waals surface area contributed by atoms with E-state index in [-0.39, 0.29) is 0 Å². The summed E-state index contributed by atoms with van der Waals surface area (Å²) < 4.78 is 8.13. The molecule has 0 amide bonds. The van der Waals surface area contributed by atoms with Gasteiger partial charge in [-0.05, 0) is 42.0 Å². The number of aromatic amines is 1. The number of furan rings is 1. The van der Waals surface area contributed by atoms with Gasteiger partial charge in [-0.1, -0.05) is 42.5 Å². The highest BCUT2D eigenvalue weighted by atomic mass is 16.3. The Hall–Kier alpha value is -4.31. The maximum absolute atomic E-state index is 6.12. The van der Waals surface area contributed by atoms with Crippen molar-refractivity contribution in [2.24, 2.45) is 0 Å². The molecule has 7 aromatic rings. The van der Waals surface area contributed by atoms with Gasteiger partial charge >= 0.3 is 0 Å². The van der Waals surface area contributed by atoms with E-state index in [2.05, 4.69) is 82.8 Å². The van der Waals surface area contributed by atoms with Gasteiger partial charge in [0.25, 0.3) is 0 Å². The van der Waals surface area contributed by atoms with Crippen molar-refractivity contribution in [1.29, 1.82) is 0 Å². The van der Waals surface area contributed by atoms with Crippen molar-refractivity contribution < 1.29 is 4.42 Å². The van der Waals surface area contributed by atoms with Gasteiger partial charge in [0, 0.05) is 50.7 Å². The predicted molar refractivity (Wildman–Crippen MR) is 126 cm³/mol. The van der Waals surface area contributed by atoms with Crippen LogP contribution in [0.4, 0.5) is 0 Å². The average Bonchev–Trinajstić information content (AvgIpc) is 3.55. The van der Waals surface area contributed by atoms with Crippen LogP contribution in [0.3, 0.4) is 0 Å². The zero-order valence-electron chi connectivity index (χ0n) is 16.5. The molecular formula is C27H17N3O. The number of nitrogens with one attached hydrogen (secondary N) is 1. The SMILES string of the molecule is c1ccc2c(c1)[nH]c1c(-c3ccc4oc5ccc(-n6ccnc6)cc5c4c3)cccc12. The van der Waals surface area contributed by atoms with Crippen LogP contribution in [0.2, 0.25) is 0 Å². The number of benzene rings is 4. The molecule has 1 N–H and O–H groups in total. The van der Waals surface area contributed by atoms with Crippen LogP contribution in [-0.2, 0) is 0 Å². The fourth-order valence-electron chi connectivity index (χ4n) is 4.62. The number of para-hydroxylation sites is 2. The molecule has 3 heterocycles. The molecule has 0 spiro atoms.